The highest BCUT2D eigenvalue weighted by atomic mass is 14.9. The summed E-state index contributed by atoms with van der Waals surface area (Å²) >= 11 is 0. The lowest BCUT2D eigenvalue weighted by Crippen LogP contribution is -2.39. The first-order valence-electron chi connectivity index (χ1n) is 7.65. The van der Waals surface area contributed by atoms with Gasteiger partial charge in [0, 0.05) is 6.04 Å². The first kappa shape index (κ1) is 13.4. The molecule has 1 nitrogen and oxygen atoms in total. The molecular formula is C16H31N. The molecule has 1 N–H and O–H groups in total. The molecule has 0 aromatic rings. The van der Waals surface area contributed by atoms with Gasteiger partial charge in [0.05, 0.1) is 0 Å². The Balaban J connectivity index is 1.88. The van der Waals surface area contributed by atoms with Crippen LogP contribution in [-0.4, -0.2) is 13.1 Å². The van der Waals surface area contributed by atoms with E-state index in [0.717, 1.165) is 23.8 Å². The van der Waals surface area contributed by atoms with Crippen LogP contribution < -0.4 is 5.32 Å². The predicted molar refractivity (Wildman–Crippen MR) is 75.1 cm³/mol. The highest BCUT2D eigenvalue weighted by molar-refractivity contribution is 4.89. The SMILES string of the molecule is CNC1CCC2CCC(CC(C)(C)C)CC2C1. The van der Waals surface area contributed by atoms with E-state index < -0.39 is 0 Å². The molecule has 0 amide bonds. The lowest BCUT2D eigenvalue weighted by molar-refractivity contribution is 0.0928. The van der Waals surface area contributed by atoms with Crippen LogP contribution in [0, 0.1) is 23.2 Å². The van der Waals surface area contributed by atoms with E-state index in [2.05, 4.69) is 33.1 Å². The van der Waals surface area contributed by atoms with Crippen LogP contribution in [0.3, 0.4) is 0 Å². The normalized spacial score (nSPS) is 38.8. The molecule has 100 valence electrons. The molecule has 0 radical (unpaired) electrons. The first-order chi connectivity index (χ1) is 7.98. The minimum Gasteiger partial charge on any atom is -0.317 e. The molecular weight excluding hydrogens is 206 g/mol. The van der Waals surface area contributed by atoms with Crippen molar-refractivity contribution < 1.29 is 0 Å². The Labute approximate surface area is 108 Å². The van der Waals surface area contributed by atoms with Gasteiger partial charge in [-0.1, -0.05) is 27.2 Å². The molecule has 0 saturated heterocycles. The third-order valence-corrected chi connectivity index (χ3v) is 5.03. The van der Waals surface area contributed by atoms with Crippen molar-refractivity contribution in [2.45, 2.75) is 71.8 Å². The molecule has 2 aliphatic rings. The van der Waals surface area contributed by atoms with Crippen molar-refractivity contribution in [1.29, 1.82) is 0 Å². The fraction of sp³-hybridized carbons (Fsp3) is 1.00. The van der Waals surface area contributed by atoms with E-state index in [-0.39, 0.29) is 0 Å². The van der Waals surface area contributed by atoms with Crippen molar-refractivity contribution in [3.63, 3.8) is 0 Å². The lowest BCUT2D eigenvalue weighted by atomic mass is 9.64. The standard InChI is InChI=1S/C16H31N/c1-16(2,3)11-12-5-6-13-7-8-15(17-4)10-14(13)9-12/h12-15,17H,5-11H2,1-4H3. The van der Waals surface area contributed by atoms with E-state index in [1.807, 2.05) is 0 Å². The molecule has 4 unspecified atom stereocenters. The number of fused-ring (bicyclic) bond motifs is 1. The molecule has 17 heavy (non-hydrogen) atoms. The van der Waals surface area contributed by atoms with Crippen LogP contribution >= 0.6 is 0 Å². The Morgan fingerprint density at radius 2 is 1.65 bits per heavy atom. The molecule has 0 spiro atoms. The number of rotatable bonds is 2. The van der Waals surface area contributed by atoms with Crippen molar-refractivity contribution in [1.82, 2.24) is 5.32 Å². The smallest absolute Gasteiger partial charge is 0.00669 e. The van der Waals surface area contributed by atoms with E-state index in [1.54, 1.807) is 0 Å². The Morgan fingerprint density at radius 3 is 2.29 bits per heavy atom. The monoisotopic (exact) mass is 237 g/mol. The van der Waals surface area contributed by atoms with Gasteiger partial charge in [0.2, 0.25) is 0 Å². The van der Waals surface area contributed by atoms with Crippen molar-refractivity contribution in [2.75, 3.05) is 7.05 Å². The second-order valence-electron chi connectivity index (χ2n) is 7.76. The van der Waals surface area contributed by atoms with Gasteiger partial charge < -0.3 is 5.32 Å². The van der Waals surface area contributed by atoms with E-state index in [9.17, 15) is 0 Å². The van der Waals surface area contributed by atoms with Crippen LogP contribution in [0.15, 0.2) is 0 Å². The van der Waals surface area contributed by atoms with Gasteiger partial charge >= 0.3 is 0 Å². The summed E-state index contributed by atoms with van der Waals surface area (Å²) in [5, 5.41) is 3.50. The summed E-state index contributed by atoms with van der Waals surface area (Å²) in [6.45, 7) is 7.20. The summed E-state index contributed by atoms with van der Waals surface area (Å²) < 4.78 is 0. The predicted octanol–water partition coefficient (Wildman–Crippen LogP) is 4.23. The molecule has 0 aromatic carbocycles. The number of hydrogen-bond acceptors (Lipinski definition) is 1. The topological polar surface area (TPSA) is 12.0 Å². The zero-order valence-electron chi connectivity index (χ0n) is 12.3. The van der Waals surface area contributed by atoms with Crippen LogP contribution in [0.25, 0.3) is 0 Å². The minimum atomic E-state index is 0.522. The minimum absolute atomic E-state index is 0.522. The maximum absolute atomic E-state index is 3.50. The average Bonchev–Trinajstić information content (AvgIpc) is 2.26. The summed E-state index contributed by atoms with van der Waals surface area (Å²) in [7, 11) is 2.14. The van der Waals surface area contributed by atoms with Gasteiger partial charge in [0.25, 0.3) is 0 Å². The van der Waals surface area contributed by atoms with E-state index >= 15 is 0 Å². The summed E-state index contributed by atoms with van der Waals surface area (Å²) in [6, 6.07) is 0.810. The number of hydrogen-bond donors (Lipinski definition) is 1. The number of nitrogens with one attached hydrogen (secondary N) is 1. The van der Waals surface area contributed by atoms with Gasteiger partial charge in [0.15, 0.2) is 0 Å². The van der Waals surface area contributed by atoms with Gasteiger partial charge in [-0.3, -0.25) is 0 Å². The van der Waals surface area contributed by atoms with Crippen molar-refractivity contribution >= 4 is 0 Å². The van der Waals surface area contributed by atoms with Crippen LogP contribution in [-0.2, 0) is 0 Å². The van der Waals surface area contributed by atoms with Crippen LogP contribution in [0.1, 0.15) is 65.7 Å². The molecule has 0 aromatic heterocycles. The zero-order valence-corrected chi connectivity index (χ0v) is 12.3. The first-order valence-corrected chi connectivity index (χ1v) is 7.65. The van der Waals surface area contributed by atoms with Gasteiger partial charge in [-0.15, -0.1) is 0 Å². The fourth-order valence-corrected chi connectivity index (χ4v) is 4.30. The molecule has 2 aliphatic carbocycles. The van der Waals surface area contributed by atoms with E-state index in [1.165, 1.54) is 44.9 Å². The molecule has 2 saturated carbocycles. The summed E-state index contributed by atoms with van der Waals surface area (Å²) in [5.74, 6) is 3.10. The second-order valence-corrected chi connectivity index (χ2v) is 7.76. The lowest BCUT2D eigenvalue weighted by Gasteiger charge is -2.43. The van der Waals surface area contributed by atoms with Crippen LogP contribution in [0.2, 0.25) is 0 Å². The largest absolute Gasteiger partial charge is 0.317 e. The van der Waals surface area contributed by atoms with Crippen LogP contribution in [0.4, 0.5) is 0 Å². The van der Waals surface area contributed by atoms with Crippen molar-refractivity contribution in [3.05, 3.63) is 0 Å². The average molecular weight is 237 g/mol. The Kier molecular flexibility index (Phi) is 4.18. The molecule has 0 aliphatic heterocycles. The van der Waals surface area contributed by atoms with E-state index in [0.29, 0.717) is 5.41 Å². The molecule has 2 rings (SSSR count). The third-order valence-electron chi connectivity index (χ3n) is 5.03. The zero-order chi connectivity index (χ0) is 12.5. The van der Waals surface area contributed by atoms with Crippen LogP contribution in [0.5, 0.6) is 0 Å². The van der Waals surface area contributed by atoms with E-state index in [4.69, 9.17) is 0 Å². The maximum atomic E-state index is 3.50. The molecule has 0 bridgehead atoms. The highest BCUT2D eigenvalue weighted by Gasteiger charge is 2.36. The summed E-state index contributed by atoms with van der Waals surface area (Å²) in [4.78, 5) is 0. The molecule has 1 heteroatoms. The fourth-order valence-electron chi connectivity index (χ4n) is 4.30. The Hall–Kier alpha value is -0.0400. The van der Waals surface area contributed by atoms with Crippen molar-refractivity contribution in [3.8, 4) is 0 Å². The Morgan fingerprint density at radius 1 is 0.941 bits per heavy atom. The van der Waals surface area contributed by atoms with Gasteiger partial charge in [-0.05, 0) is 68.7 Å². The third kappa shape index (κ3) is 3.71. The molecule has 2 fully saturated rings. The molecule has 0 heterocycles. The highest BCUT2D eigenvalue weighted by Crippen LogP contribution is 2.45. The summed E-state index contributed by atoms with van der Waals surface area (Å²) in [5.41, 5.74) is 0.522. The van der Waals surface area contributed by atoms with Gasteiger partial charge in [-0.2, -0.15) is 0 Å². The van der Waals surface area contributed by atoms with Gasteiger partial charge in [-0.25, -0.2) is 0 Å². The molecule has 4 atom stereocenters. The maximum Gasteiger partial charge on any atom is 0.00669 e. The second kappa shape index (κ2) is 5.30. The Bertz CT molecular complexity index is 240. The van der Waals surface area contributed by atoms with Gasteiger partial charge in [0.1, 0.15) is 0 Å². The van der Waals surface area contributed by atoms with Crippen molar-refractivity contribution in [2.24, 2.45) is 23.2 Å². The quantitative estimate of drug-likeness (QED) is 0.758. The summed E-state index contributed by atoms with van der Waals surface area (Å²) in [6.07, 6.45) is 10.3.